The molecule has 0 fully saturated rings. The van der Waals surface area contributed by atoms with Gasteiger partial charge in [0.15, 0.2) is 0 Å². The second-order valence-corrected chi connectivity index (χ2v) is 7.82. The van der Waals surface area contributed by atoms with Gasteiger partial charge in [-0.15, -0.1) is 0 Å². The number of aromatic nitrogens is 2. The maximum atomic E-state index is 9.08. The quantitative estimate of drug-likeness (QED) is 0.549. The predicted molar refractivity (Wildman–Crippen MR) is 91.5 cm³/mol. The van der Waals surface area contributed by atoms with Crippen molar-refractivity contribution in [3.63, 3.8) is 0 Å². The molecule has 0 spiro atoms. The number of benzene rings is 1. The summed E-state index contributed by atoms with van der Waals surface area (Å²) in [5.41, 5.74) is 3.09. The summed E-state index contributed by atoms with van der Waals surface area (Å²) in [6, 6.07) is 10.1. The summed E-state index contributed by atoms with van der Waals surface area (Å²) in [4.78, 5) is 37.4. The van der Waals surface area contributed by atoms with E-state index in [-0.39, 0.29) is 6.04 Å². The Kier molecular flexibility index (Phi) is 6.08. The monoisotopic (exact) mass is 335 g/mol. The lowest BCUT2D eigenvalue weighted by Crippen LogP contribution is -2.35. The van der Waals surface area contributed by atoms with Crippen molar-refractivity contribution in [2.75, 3.05) is 13.1 Å². The van der Waals surface area contributed by atoms with E-state index in [0.717, 1.165) is 29.3 Å². The van der Waals surface area contributed by atoms with E-state index in [4.69, 9.17) is 14.4 Å². The molecule has 0 radical (unpaired) electrons. The van der Waals surface area contributed by atoms with Crippen molar-refractivity contribution in [2.24, 2.45) is 0 Å². The highest BCUT2D eigenvalue weighted by Crippen LogP contribution is 2.18. The molecule has 4 N–H and O–H groups in total. The van der Waals surface area contributed by atoms with Crippen LogP contribution in [0, 0.1) is 6.92 Å². The highest BCUT2D eigenvalue weighted by molar-refractivity contribution is 6.56. The number of hydrogen-bond acceptors (Lipinski definition) is 5. The van der Waals surface area contributed by atoms with Crippen LogP contribution < -0.4 is 0 Å². The highest BCUT2D eigenvalue weighted by atomic mass is 28.4. The van der Waals surface area contributed by atoms with E-state index in [1.165, 1.54) is 0 Å². The van der Waals surface area contributed by atoms with Crippen molar-refractivity contribution in [1.29, 1.82) is 0 Å². The summed E-state index contributed by atoms with van der Waals surface area (Å²) < 4.78 is 0. The molecule has 1 aromatic heterocycles. The van der Waals surface area contributed by atoms with Crippen molar-refractivity contribution in [2.45, 2.75) is 32.9 Å². The average Bonchev–Trinajstić information content (AvgIpc) is 2.87. The SMILES string of the molecule is CCN(CCC[Si](O)(O)O)Cc1nc(-c2ccccc2)[nH]c1C. The molecule has 2 rings (SSSR count). The van der Waals surface area contributed by atoms with Gasteiger partial charge in [0, 0.05) is 23.8 Å². The molecule has 7 heteroatoms. The van der Waals surface area contributed by atoms with Gasteiger partial charge < -0.3 is 19.4 Å². The van der Waals surface area contributed by atoms with Crippen molar-refractivity contribution < 1.29 is 14.4 Å². The zero-order valence-electron chi connectivity index (χ0n) is 13.7. The van der Waals surface area contributed by atoms with Gasteiger partial charge in [0.1, 0.15) is 5.82 Å². The average molecular weight is 335 g/mol. The lowest BCUT2D eigenvalue weighted by Gasteiger charge is -2.20. The first kappa shape index (κ1) is 17.8. The van der Waals surface area contributed by atoms with E-state index in [9.17, 15) is 0 Å². The van der Waals surface area contributed by atoms with Gasteiger partial charge in [0.25, 0.3) is 0 Å². The molecule has 0 aliphatic heterocycles. The molecule has 0 saturated heterocycles. The summed E-state index contributed by atoms with van der Waals surface area (Å²) in [5, 5.41) is 0. The first-order valence-electron chi connectivity index (χ1n) is 7.89. The molecule has 0 atom stereocenters. The zero-order valence-corrected chi connectivity index (χ0v) is 14.7. The van der Waals surface area contributed by atoms with E-state index < -0.39 is 8.80 Å². The number of nitrogens with zero attached hydrogens (tertiary/aromatic N) is 2. The second-order valence-electron chi connectivity index (χ2n) is 5.77. The largest absolute Gasteiger partial charge is 0.492 e. The molecule has 0 bridgehead atoms. The van der Waals surface area contributed by atoms with Gasteiger partial charge in [-0.1, -0.05) is 37.3 Å². The molecule has 126 valence electrons. The van der Waals surface area contributed by atoms with Gasteiger partial charge in [-0.05, 0) is 26.4 Å². The third-order valence-electron chi connectivity index (χ3n) is 3.84. The summed E-state index contributed by atoms with van der Waals surface area (Å²) in [6.07, 6.45) is 0.554. The Bertz CT molecular complexity index is 611. The summed E-state index contributed by atoms with van der Waals surface area (Å²) in [6.45, 7) is 6.30. The molecule has 0 unspecified atom stereocenters. The van der Waals surface area contributed by atoms with Crippen LogP contribution in [0.5, 0.6) is 0 Å². The van der Waals surface area contributed by atoms with Crippen LogP contribution in [0.15, 0.2) is 30.3 Å². The molecule has 0 saturated carbocycles. The molecule has 0 amide bonds. The predicted octanol–water partition coefficient (Wildman–Crippen LogP) is 1.51. The summed E-state index contributed by atoms with van der Waals surface area (Å²) in [7, 11) is -3.93. The van der Waals surface area contributed by atoms with Gasteiger partial charge in [-0.3, -0.25) is 4.90 Å². The zero-order chi connectivity index (χ0) is 16.9. The third kappa shape index (κ3) is 5.56. The van der Waals surface area contributed by atoms with E-state index in [1.807, 2.05) is 37.3 Å². The molecular formula is C16H25N3O3Si. The third-order valence-corrected chi connectivity index (χ3v) is 4.86. The molecule has 0 aliphatic carbocycles. The fourth-order valence-corrected chi connectivity index (χ4v) is 3.12. The second kappa shape index (κ2) is 7.85. The van der Waals surface area contributed by atoms with Crippen molar-refractivity contribution in [3.05, 3.63) is 41.7 Å². The van der Waals surface area contributed by atoms with Crippen LogP contribution in [-0.2, 0) is 6.54 Å². The smallest absolute Gasteiger partial charge is 0.390 e. The first-order chi connectivity index (χ1) is 10.9. The Morgan fingerprint density at radius 3 is 2.48 bits per heavy atom. The fourth-order valence-electron chi connectivity index (χ4n) is 2.48. The fraction of sp³-hybridized carbons (Fsp3) is 0.438. The highest BCUT2D eigenvalue weighted by Gasteiger charge is 2.26. The molecular weight excluding hydrogens is 310 g/mol. The number of aromatic amines is 1. The van der Waals surface area contributed by atoms with Gasteiger partial charge in [0.2, 0.25) is 0 Å². The topological polar surface area (TPSA) is 92.6 Å². The summed E-state index contributed by atoms with van der Waals surface area (Å²) >= 11 is 0. The van der Waals surface area contributed by atoms with E-state index in [1.54, 1.807) is 0 Å². The van der Waals surface area contributed by atoms with Crippen LogP contribution in [0.2, 0.25) is 6.04 Å². The van der Waals surface area contributed by atoms with Gasteiger partial charge in [-0.25, -0.2) is 4.98 Å². The first-order valence-corrected chi connectivity index (χ1v) is 9.94. The van der Waals surface area contributed by atoms with Crippen molar-refractivity contribution >= 4 is 8.80 Å². The Hall–Kier alpha value is -1.51. The summed E-state index contributed by atoms with van der Waals surface area (Å²) in [5.74, 6) is 0.863. The number of H-pyrrole nitrogens is 1. The molecule has 1 heterocycles. The maximum Gasteiger partial charge on any atom is 0.492 e. The van der Waals surface area contributed by atoms with E-state index in [0.29, 0.717) is 19.5 Å². The van der Waals surface area contributed by atoms with Crippen LogP contribution in [0.3, 0.4) is 0 Å². The molecule has 1 aromatic carbocycles. The number of imidazole rings is 1. The van der Waals surface area contributed by atoms with Crippen molar-refractivity contribution in [1.82, 2.24) is 14.9 Å². The number of nitrogens with one attached hydrogen (secondary N) is 1. The van der Waals surface area contributed by atoms with E-state index in [2.05, 4.69) is 21.8 Å². The lowest BCUT2D eigenvalue weighted by atomic mass is 10.2. The minimum Gasteiger partial charge on any atom is -0.390 e. The Morgan fingerprint density at radius 1 is 1.17 bits per heavy atom. The van der Waals surface area contributed by atoms with Gasteiger partial charge in [-0.2, -0.15) is 0 Å². The van der Waals surface area contributed by atoms with E-state index >= 15 is 0 Å². The Balaban J connectivity index is 1.99. The minimum absolute atomic E-state index is 0.0678. The van der Waals surface area contributed by atoms with Crippen molar-refractivity contribution in [3.8, 4) is 11.4 Å². The van der Waals surface area contributed by atoms with Crippen LogP contribution >= 0.6 is 0 Å². The Labute approximate surface area is 137 Å². The normalized spacial score (nSPS) is 12.1. The number of rotatable bonds is 8. The minimum atomic E-state index is -3.93. The van der Waals surface area contributed by atoms with Crippen LogP contribution in [-0.4, -0.2) is 51.1 Å². The molecule has 6 nitrogen and oxygen atoms in total. The number of aryl methyl sites for hydroxylation is 1. The Morgan fingerprint density at radius 2 is 1.87 bits per heavy atom. The van der Waals surface area contributed by atoms with Crippen LogP contribution in [0.25, 0.3) is 11.4 Å². The van der Waals surface area contributed by atoms with Crippen LogP contribution in [0.1, 0.15) is 24.7 Å². The molecule has 2 aromatic rings. The number of hydrogen-bond donors (Lipinski definition) is 4. The molecule has 0 aliphatic rings. The lowest BCUT2D eigenvalue weighted by molar-refractivity contribution is 0.218. The molecule has 23 heavy (non-hydrogen) atoms. The van der Waals surface area contributed by atoms with Gasteiger partial charge >= 0.3 is 8.80 Å². The standard InChI is InChI=1S/C16H25N3O3Si/c1-3-19(10-7-11-23(20,21)22)12-15-13(2)17-16(18-15)14-8-5-4-6-9-14/h4-6,8-9,20-22H,3,7,10-12H2,1-2H3,(H,17,18). The van der Waals surface area contributed by atoms with Gasteiger partial charge in [0.05, 0.1) is 5.69 Å². The van der Waals surface area contributed by atoms with Crippen LogP contribution in [0.4, 0.5) is 0 Å². The maximum absolute atomic E-state index is 9.08.